The van der Waals surface area contributed by atoms with Gasteiger partial charge in [0, 0.05) is 24.5 Å². The number of carbonyl (C=O) groups is 2. The van der Waals surface area contributed by atoms with E-state index in [0.717, 1.165) is 0 Å². The average molecular weight is 444 g/mol. The number of anilines is 1. The first-order chi connectivity index (χ1) is 16.0. The van der Waals surface area contributed by atoms with E-state index in [2.05, 4.69) is 15.6 Å². The summed E-state index contributed by atoms with van der Waals surface area (Å²) in [5.74, 6) is -0.525. The Labute approximate surface area is 189 Å². The number of amides is 2. The molecule has 0 bridgehead atoms. The summed E-state index contributed by atoms with van der Waals surface area (Å²) >= 11 is 0. The number of hydrogen-bond acceptors (Lipinski definition) is 4. The van der Waals surface area contributed by atoms with Gasteiger partial charge in [0.05, 0.1) is 30.4 Å². The Hall–Kier alpha value is -4.46. The molecule has 33 heavy (non-hydrogen) atoms. The number of para-hydroxylation sites is 1. The van der Waals surface area contributed by atoms with Crippen molar-refractivity contribution in [1.29, 1.82) is 0 Å². The highest BCUT2D eigenvalue weighted by molar-refractivity contribution is 6.09. The Morgan fingerprint density at radius 3 is 2.52 bits per heavy atom. The predicted octanol–water partition coefficient (Wildman–Crippen LogP) is 4.20. The molecular weight excluding hydrogens is 423 g/mol. The van der Waals surface area contributed by atoms with Crippen molar-refractivity contribution in [1.82, 2.24) is 14.9 Å². The van der Waals surface area contributed by atoms with Gasteiger partial charge in [-0.25, -0.2) is 9.37 Å². The number of nitrogens with one attached hydrogen (secondary N) is 2. The number of imidazole rings is 1. The third-order valence-corrected chi connectivity index (χ3v) is 5.02. The molecule has 8 heteroatoms. The van der Waals surface area contributed by atoms with E-state index in [1.165, 1.54) is 12.4 Å². The molecule has 0 spiro atoms. The van der Waals surface area contributed by atoms with Gasteiger partial charge in [0.15, 0.2) is 0 Å². The van der Waals surface area contributed by atoms with Gasteiger partial charge >= 0.3 is 0 Å². The van der Waals surface area contributed by atoms with Crippen LogP contribution in [0.1, 0.15) is 26.3 Å². The molecule has 1 aromatic heterocycles. The highest BCUT2D eigenvalue weighted by atomic mass is 19.1. The van der Waals surface area contributed by atoms with Crippen molar-refractivity contribution in [3.8, 4) is 11.4 Å². The fourth-order valence-corrected chi connectivity index (χ4v) is 3.28. The lowest BCUT2D eigenvalue weighted by Crippen LogP contribution is -2.25. The van der Waals surface area contributed by atoms with Crippen molar-refractivity contribution in [2.75, 3.05) is 12.4 Å². The molecule has 0 saturated heterocycles. The summed E-state index contributed by atoms with van der Waals surface area (Å²) in [4.78, 5) is 29.3. The normalized spacial score (nSPS) is 10.5. The first-order valence-electron chi connectivity index (χ1n) is 10.1. The second kappa shape index (κ2) is 9.78. The van der Waals surface area contributed by atoms with Gasteiger partial charge in [0.1, 0.15) is 11.6 Å². The summed E-state index contributed by atoms with van der Waals surface area (Å²) in [5, 5.41) is 5.54. The van der Waals surface area contributed by atoms with Crippen LogP contribution < -0.4 is 15.4 Å². The van der Waals surface area contributed by atoms with E-state index in [0.29, 0.717) is 33.8 Å². The van der Waals surface area contributed by atoms with Crippen LogP contribution in [-0.2, 0) is 6.54 Å². The van der Waals surface area contributed by atoms with E-state index >= 15 is 0 Å². The lowest BCUT2D eigenvalue weighted by Gasteiger charge is -2.12. The summed E-state index contributed by atoms with van der Waals surface area (Å²) in [7, 11) is 1.55. The molecule has 0 saturated carbocycles. The van der Waals surface area contributed by atoms with Gasteiger partial charge in [0.2, 0.25) is 0 Å². The standard InChI is InChI=1S/C25H21FN4O3/c1-33-19-9-7-18(8-10-19)24(31)29-22-5-3-2-4-20(22)25(32)28-15-17-6-11-23(21(26)14-17)30-13-12-27-16-30/h2-14,16H,15H2,1H3,(H,28,32)(H,29,31). The highest BCUT2D eigenvalue weighted by Gasteiger charge is 2.14. The maximum Gasteiger partial charge on any atom is 0.255 e. The van der Waals surface area contributed by atoms with Crippen LogP contribution in [0.3, 0.4) is 0 Å². The smallest absolute Gasteiger partial charge is 0.255 e. The number of nitrogens with zero attached hydrogens (tertiary/aromatic N) is 2. The van der Waals surface area contributed by atoms with Gasteiger partial charge in [-0.3, -0.25) is 9.59 Å². The number of carbonyl (C=O) groups excluding carboxylic acids is 2. The van der Waals surface area contributed by atoms with Gasteiger partial charge in [-0.1, -0.05) is 18.2 Å². The fourth-order valence-electron chi connectivity index (χ4n) is 3.28. The monoisotopic (exact) mass is 444 g/mol. The Bertz CT molecular complexity index is 1270. The molecule has 0 unspecified atom stereocenters. The highest BCUT2D eigenvalue weighted by Crippen LogP contribution is 2.19. The zero-order chi connectivity index (χ0) is 23.2. The van der Waals surface area contributed by atoms with Crippen LogP contribution in [0, 0.1) is 5.82 Å². The molecule has 4 rings (SSSR count). The van der Waals surface area contributed by atoms with Crippen LogP contribution >= 0.6 is 0 Å². The van der Waals surface area contributed by atoms with E-state index in [-0.39, 0.29) is 18.4 Å². The summed E-state index contributed by atoms with van der Waals surface area (Å²) in [6, 6.07) is 18.1. The van der Waals surface area contributed by atoms with Gasteiger partial charge in [-0.05, 0) is 54.1 Å². The summed E-state index contributed by atoms with van der Waals surface area (Å²) < 4.78 is 21.1. The minimum atomic E-state index is -0.424. The van der Waals surface area contributed by atoms with Crippen molar-refractivity contribution in [2.45, 2.75) is 6.54 Å². The van der Waals surface area contributed by atoms with Gasteiger partial charge in [-0.15, -0.1) is 0 Å². The first kappa shape index (κ1) is 21.8. The Kier molecular flexibility index (Phi) is 6.45. The number of halogens is 1. The molecule has 1 heterocycles. The van der Waals surface area contributed by atoms with Crippen LogP contribution in [0.4, 0.5) is 10.1 Å². The van der Waals surface area contributed by atoms with E-state index in [9.17, 15) is 14.0 Å². The average Bonchev–Trinajstić information content (AvgIpc) is 3.37. The minimum Gasteiger partial charge on any atom is -0.497 e. The van der Waals surface area contributed by atoms with Gasteiger partial charge in [-0.2, -0.15) is 0 Å². The van der Waals surface area contributed by atoms with Crippen molar-refractivity contribution in [2.24, 2.45) is 0 Å². The molecule has 166 valence electrons. The lowest BCUT2D eigenvalue weighted by atomic mass is 10.1. The van der Waals surface area contributed by atoms with Crippen molar-refractivity contribution in [3.05, 3.63) is 108 Å². The maximum atomic E-state index is 14.5. The Balaban J connectivity index is 1.43. The van der Waals surface area contributed by atoms with Gasteiger partial charge < -0.3 is 19.9 Å². The van der Waals surface area contributed by atoms with Crippen LogP contribution in [0.5, 0.6) is 5.75 Å². The molecule has 0 radical (unpaired) electrons. The van der Waals surface area contributed by atoms with Crippen LogP contribution in [0.15, 0.2) is 85.5 Å². The molecule has 0 aliphatic carbocycles. The van der Waals surface area contributed by atoms with E-state index in [1.54, 1.807) is 84.7 Å². The summed E-state index contributed by atoms with van der Waals surface area (Å²) in [6.45, 7) is 0.126. The second-order valence-electron chi connectivity index (χ2n) is 7.17. The minimum absolute atomic E-state index is 0.126. The third-order valence-electron chi connectivity index (χ3n) is 5.02. The molecule has 4 aromatic rings. The lowest BCUT2D eigenvalue weighted by molar-refractivity contribution is 0.0951. The summed E-state index contributed by atoms with van der Waals surface area (Å²) in [5.41, 5.74) is 2.07. The zero-order valence-electron chi connectivity index (χ0n) is 17.8. The zero-order valence-corrected chi connectivity index (χ0v) is 17.8. The van der Waals surface area contributed by atoms with E-state index in [4.69, 9.17) is 4.74 Å². The van der Waals surface area contributed by atoms with E-state index in [1.807, 2.05) is 0 Å². The summed E-state index contributed by atoms with van der Waals surface area (Å²) in [6.07, 6.45) is 4.73. The van der Waals surface area contributed by atoms with Crippen LogP contribution in [0.2, 0.25) is 0 Å². The molecule has 7 nitrogen and oxygen atoms in total. The number of rotatable bonds is 7. The fraction of sp³-hybridized carbons (Fsp3) is 0.0800. The van der Waals surface area contributed by atoms with E-state index < -0.39 is 5.82 Å². The van der Waals surface area contributed by atoms with Crippen LogP contribution in [0.25, 0.3) is 5.69 Å². The number of aromatic nitrogens is 2. The molecular formula is C25H21FN4O3. The third kappa shape index (κ3) is 5.07. The molecule has 0 aliphatic heterocycles. The molecule has 0 fully saturated rings. The topological polar surface area (TPSA) is 85.2 Å². The maximum absolute atomic E-state index is 14.5. The van der Waals surface area contributed by atoms with Crippen molar-refractivity contribution in [3.63, 3.8) is 0 Å². The van der Waals surface area contributed by atoms with Crippen LogP contribution in [-0.4, -0.2) is 28.5 Å². The number of benzene rings is 3. The largest absolute Gasteiger partial charge is 0.497 e. The van der Waals surface area contributed by atoms with Gasteiger partial charge in [0.25, 0.3) is 11.8 Å². The molecule has 0 atom stereocenters. The molecule has 2 N–H and O–H groups in total. The number of methoxy groups -OCH3 is 1. The Morgan fingerprint density at radius 1 is 1.03 bits per heavy atom. The molecule has 3 aromatic carbocycles. The van der Waals surface area contributed by atoms with Crippen molar-refractivity contribution >= 4 is 17.5 Å². The molecule has 0 aliphatic rings. The number of hydrogen-bond donors (Lipinski definition) is 2. The quantitative estimate of drug-likeness (QED) is 0.447. The predicted molar refractivity (Wildman–Crippen MR) is 122 cm³/mol. The van der Waals surface area contributed by atoms with Crippen molar-refractivity contribution < 1.29 is 18.7 Å². The second-order valence-corrected chi connectivity index (χ2v) is 7.17. The molecule has 2 amide bonds. The number of ether oxygens (including phenoxy) is 1. The first-order valence-corrected chi connectivity index (χ1v) is 10.1. The SMILES string of the molecule is COc1ccc(C(=O)Nc2ccccc2C(=O)NCc2ccc(-n3ccnc3)c(F)c2)cc1. The Morgan fingerprint density at radius 2 is 1.82 bits per heavy atom.